The number of H-pyrrole nitrogens is 1. The van der Waals surface area contributed by atoms with Gasteiger partial charge in [-0.25, -0.2) is 14.4 Å². The predicted molar refractivity (Wildman–Crippen MR) is 188 cm³/mol. The Morgan fingerprint density at radius 2 is 1.19 bits per heavy atom. The second-order valence-corrected chi connectivity index (χ2v) is 12.3. The molecule has 2 aliphatic heterocycles. The summed E-state index contributed by atoms with van der Waals surface area (Å²) >= 11 is 6.70. The van der Waals surface area contributed by atoms with Crippen molar-refractivity contribution in [1.29, 1.82) is 0 Å². The van der Waals surface area contributed by atoms with Gasteiger partial charge in [-0.3, -0.25) is 4.98 Å². The molecule has 7 rings (SSSR count). The Morgan fingerprint density at radius 3 is 1.81 bits per heavy atom. The molecule has 0 unspecified atom stereocenters. The van der Waals surface area contributed by atoms with Crippen molar-refractivity contribution in [2.24, 2.45) is 0 Å². The lowest BCUT2D eigenvalue weighted by Gasteiger charge is -2.10. The summed E-state index contributed by atoms with van der Waals surface area (Å²) in [6.07, 6.45) is 7.02. The summed E-state index contributed by atoms with van der Waals surface area (Å²) in [6, 6.07) is 17.1. The van der Waals surface area contributed by atoms with Crippen LogP contribution in [0.2, 0.25) is 0 Å². The highest BCUT2D eigenvalue weighted by Gasteiger charge is 2.22. The summed E-state index contributed by atoms with van der Waals surface area (Å²) in [5.74, 6) is -0.877. The first-order chi connectivity index (χ1) is 22.7. The molecule has 3 aromatic carbocycles. The lowest BCUT2D eigenvalue weighted by molar-refractivity contribution is 0.0591. The molecule has 0 spiro atoms. The first-order valence-electron chi connectivity index (χ1n) is 14.6. The van der Waals surface area contributed by atoms with Crippen LogP contribution in [0.25, 0.3) is 22.0 Å². The predicted octanol–water partition coefficient (Wildman–Crippen LogP) is 7.42. The van der Waals surface area contributed by atoms with Crippen LogP contribution in [-0.2, 0) is 27.1 Å². The van der Waals surface area contributed by atoms with Gasteiger partial charge in [-0.05, 0) is 89.7 Å². The van der Waals surface area contributed by atoms with E-state index >= 15 is 0 Å². The molecular weight excluding hydrogens is 732 g/mol. The maximum absolute atomic E-state index is 11.9. The lowest BCUT2D eigenvalue weighted by Crippen LogP contribution is -2.05. The normalized spacial score (nSPS) is 12.2. The van der Waals surface area contributed by atoms with Gasteiger partial charge in [-0.1, -0.05) is 31.9 Å². The molecule has 47 heavy (non-hydrogen) atoms. The van der Waals surface area contributed by atoms with Crippen molar-refractivity contribution in [2.75, 3.05) is 45.1 Å². The first-order valence-corrected chi connectivity index (χ1v) is 16.2. The van der Waals surface area contributed by atoms with E-state index in [0.29, 0.717) is 16.7 Å². The summed E-state index contributed by atoms with van der Waals surface area (Å²) in [5, 5.41) is 7.40. The molecule has 4 heterocycles. The van der Waals surface area contributed by atoms with E-state index in [1.165, 1.54) is 21.3 Å². The minimum absolute atomic E-state index is 0.272. The molecular formula is C35H32Br2N4O6. The number of pyridine rings is 1. The quantitative estimate of drug-likeness (QED) is 0.126. The number of aromatic amines is 1. The number of carbonyl (C=O) groups excluding carboxylic acids is 3. The largest absolute Gasteiger partial charge is 0.465 e. The van der Waals surface area contributed by atoms with E-state index in [2.05, 4.69) is 58.5 Å². The Bertz CT molecular complexity index is 1940. The van der Waals surface area contributed by atoms with E-state index in [0.717, 1.165) is 79.4 Å². The number of carbonyl (C=O) groups is 3. The summed E-state index contributed by atoms with van der Waals surface area (Å²) in [6.45, 7) is 1.74. The van der Waals surface area contributed by atoms with Crippen molar-refractivity contribution in [3.8, 4) is 11.1 Å². The molecule has 242 valence electrons. The molecule has 0 atom stereocenters. The van der Waals surface area contributed by atoms with Crippen LogP contribution in [0, 0.1) is 0 Å². The molecule has 0 radical (unpaired) electrons. The Kier molecular flexibility index (Phi) is 10.9. The Morgan fingerprint density at radius 1 is 0.660 bits per heavy atom. The van der Waals surface area contributed by atoms with Gasteiger partial charge >= 0.3 is 17.9 Å². The van der Waals surface area contributed by atoms with Gasteiger partial charge < -0.3 is 29.8 Å². The molecule has 3 N–H and O–H groups in total. The lowest BCUT2D eigenvalue weighted by atomic mass is 9.98. The molecule has 0 amide bonds. The number of nitrogens with zero attached hydrogens (tertiary/aromatic N) is 1. The number of halogens is 2. The van der Waals surface area contributed by atoms with Crippen molar-refractivity contribution in [2.45, 2.75) is 12.8 Å². The second-order valence-electron chi connectivity index (χ2n) is 10.5. The Balaban J connectivity index is 0.000000141. The number of hydrogen-bond donors (Lipinski definition) is 3. The summed E-state index contributed by atoms with van der Waals surface area (Å²) in [5.41, 5.74) is 8.98. The third kappa shape index (κ3) is 7.66. The van der Waals surface area contributed by atoms with Crippen LogP contribution >= 0.6 is 31.9 Å². The van der Waals surface area contributed by atoms with Gasteiger partial charge in [0.15, 0.2) is 0 Å². The van der Waals surface area contributed by atoms with E-state index in [-0.39, 0.29) is 17.9 Å². The monoisotopic (exact) mass is 762 g/mol. The highest BCUT2D eigenvalue weighted by atomic mass is 79.9. The molecule has 5 aromatic rings. The molecule has 12 heteroatoms. The molecule has 2 aromatic heterocycles. The Hall–Kier alpha value is -4.68. The van der Waals surface area contributed by atoms with Crippen molar-refractivity contribution < 1.29 is 28.6 Å². The number of methoxy groups -OCH3 is 3. The van der Waals surface area contributed by atoms with Crippen molar-refractivity contribution in [1.82, 2.24) is 9.97 Å². The van der Waals surface area contributed by atoms with Crippen LogP contribution in [0.15, 0.2) is 82.1 Å². The molecule has 0 saturated carbocycles. The van der Waals surface area contributed by atoms with Gasteiger partial charge in [-0.15, -0.1) is 0 Å². The van der Waals surface area contributed by atoms with E-state index in [9.17, 15) is 14.4 Å². The number of fused-ring (bicyclic) bond motifs is 3. The number of benzene rings is 3. The number of esters is 3. The zero-order chi connectivity index (χ0) is 33.5. The fraction of sp³-hybridized carbons (Fsp3) is 0.200. The third-order valence-electron chi connectivity index (χ3n) is 7.71. The van der Waals surface area contributed by atoms with Gasteiger partial charge in [0.1, 0.15) is 0 Å². The number of nitrogens with one attached hydrogen (secondary N) is 3. The molecule has 0 saturated heterocycles. The average Bonchev–Trinajstić information content (AvgIpc) is 3.88. The molecule has 0 aliphatic carbocycles. The molecule has 0 bridgehead atoms. The maximum Gasteiger partial charge on any atom is 0.338 e. The molecule has 0 fully saturated rings. The van der Waals surface area contributed by atoms with E-state index in [1.807, 2.05) is 36.4 Å². The van der Waals surface area contributed by atoms with Crippen LogP contribution in [0.5, 0.6) is 0 Å². The van der Waals surface area contributed by atoms with Crippen molar-refractivity contribution in [3.63, 3.8) is 0 Å². The van der Waals surface area contributed by atoms with Gasteiger partial charge in [-0.2, -0.15) is 0 Å². The van der Waals surface area contributed by atoms with Gasteiger partial charge in [0.05, 0.1) is 38.0 Å². The summed E-state index contributed by atoms with van der Waals surface area (Å²) in [7, 11) is 4.19. The summed E-state index contributed by atoms with van der Waals surface area (Å²) < 4.78 is 16.0. The maximum atomic E-state index is 11.9. The van der Waals surface area contributed by atoms with Crippen LogP contribution < -0.4 is 10.6 Å². The smallest absolute Gasteiger partial charge is 0.338 e. The number of ether oxygens (including phenoxy) is 3. The fourth-order valence-electron chi connectivity index (χ4n) is 5.51. The standard InChI is InChI=1S/C15H14N2O2.C10H10BrNO2.C10H8BrNO2/c1-19-15(18)13-8-11(10-2-5-16-6-3-10)9-14-12(13)4-7-17-14;2*1-14-10(13)8-4-6(11)5-9-7(8)2-3-12-9/h2-3,5-6,8-9,17H,4,7H2,1H3;4-5,12H,2-3H2,1H3;2-5,12H,1H3. The van der Waals surface area contributed by atoms with Crippen LogP contribution in [0.4, 0.5) is 11.4 Å². The minimum atomic E-state index is -0.323. The van der Waals surface area contributed by atoms with Crippen LogP contribution in [0.3, 0.4) is 0 Å². The van der Waals surface area contributed by atoms with Gasteiger partial charge in [0.2, 0.25) is 0 Å². The first kappa shape index (κ1) is 33.7. The van der Waals surface area contributed by atoms with E-state index in [1.54, 1.807) is 30.7 Å². The van der Waals surface area contributed by atoms with Crippen molar-refractivity contribution >= 4 is 72.0 Å². The van der Waals surface area contributed by atoms with Crippen LogP contribution in [0.1, 0.15) is 42.2 Å². The van der Waals surface area contributed by atoms with E-state index < -0.39 is 0 Å². The van der Waals surface area contributed by atoms with Crippen LogP contribution in [-0.4, -0.2) is 62.3 Å². The number of rotatable bonds is 4. The Labute approximate surface area is 288 Å². The number of anilines is 2. The highest BCUT2D eigenvalue weighted by molar-refractivity contribution is 9.10. The van der Waals surface area contributed by atoms with E-state index in [4.69, 9.17) is 14.2 Å². The zero-order valence-corrected chi connectivity index (χ0v) is 29.1. The molecule has 2 aliphatic rings. The van der Waals surface area contributed by atoms with Crippen molar-refractivity contribution in [3.05, 3.63) is 110 Å². The highest BCUT2D eigenvalue weighted by Crippen LogP contribution is 2.33. The third-order valence-corrected chi connectivity index (χ3v) is 8.62. The van der Waals surface area contributed by atoms with Gasteiger partial charge in [0, 0.05) is 62.9 Å². The number of aromatic nitrogens is 2. The molecule has 10 nitrogen and oxygen atoms in total. The topological polar surface area (TPSA) is 132 Å². The fourth-order valence-corrected chi connectivity index (χ4v) is 6.43. The zero-order valence-electron chi connectivity index (χ0n) is 25.9. The number of hydrogen-bond acceptors (Lipinski definition) is 9. The average molecular weight is 764 g/mol. The SMILES string of the molecule is COC(=O)c1cc(-c2ccncc2)cc2c1CCN2.COC(=O)c1cc(Br)cc2[nH]ccc12.COC(=O)c1cc(Br)cc2c1CCN2. The minimum Gasteiger partial charge on any atom is -0.465 e. The summed E-state index contributed by atoms with van der Waals surface area (Å²) in [4.78, 5) is 41.8. The second kappa shape index (κ2) is 15.3. The van der Waals surface area contributed by atoms with Gasteiger partial charge in [0.25, 0.3) is 0 Å².